The van der Waals surface area contributed by atoms with E-state index in [1.807, 2.05) is 0 Å². The first-order chi connectivity index (χ1) is 5.20. The third-order valence-electron chi connectivity index (χ3n) is 1.45. The molecule has 1 N–H and O–H groups in total. The average Bonchev–Trinajstić information content (AvgIpc) is 1.97. The van der Waals surface area contributed by atoms with E-state index < -0.39 is 5.97 Å². The predicted octanol–water partition coefficient (Wildman–Crippen LogP) is 2.36. The molecule has 0 aromatic carbocycles. The Morgan fingerprint density at radius 2 is 2.27 bits per heavy atom. The van der Waals surface area contributed by atoms with Gasteiger partial charge in [0.1, 0.15) is 0 Å². The molecule has 11 heavy (non-hydrogen) atoms. The Hall–Kier alpha value is -1.01. The third kappa shape index (κ3) is 5.43. The molecule has 0 amide bonds. The summed E-state index contributed by atoms with van der Waals surface area (Å²) in [6.07, 6.45) is 2.99. The average molecular weight is 154 g/mol. The lowest BCUT2D eigenvalue weighted by Gasteiger charge is -1.98. The molecular formula is C9H14O2. The molecule has 0 unspecified atom stereocenters. The maximum absolute atomic E-state index is 10.2. The molecule has 0 bridgehead atoms. The van der Waals surface area contributed by atoms with Crippen molar-refractivity contribution in [1.82, 2.24) is 0 Å². The first-order valence-corrected chi connectivity index (χ1v) is 3.80. The molecule has 0 spiro atoms. The minimum absolute atomic E-state index is 0.0868. The van der Waals surface area contributed by atoms with E-state index >= 15 is 0 Å². The molecule has 0 atom stereocenters. The van der Waals surface area contributed by atoms with E-state index in [1.54, 1.807) is 0 Å². The van der Waals surface area contributed by atoms with Gasteiger partial charge in [-0.3, -0.25) is 4.79 Å². The van der Waals surface area contributed by atoms with Crippen molar-refractivity contribution in [3.63, 3.8) is 0 Å². The highest BCUT2D eigenvalue weighted by atomic mass is 16.4. The van der Waals surface area contributed by atoms with Crippen LogP contribution in [0.5, 0.6) is 0 Å². The van der Waals surface area contributed by atoms with Gasteiger partial charge in [0.2, 0.25) is 0 Å². The smallest absolute Gasteiger partial charge is 0.308 e. The number of hydrogen-bond donors (Lipinski definition) is 1. The maximum Gasteiger partial charge on any atom is 0.308 e. The summed E-state index contributed by atoms with van der Waals surface area (Å²) >= 11 is 0. The van der Waals surface area contributed by atoms with Crippen LogP contribution in [0.25, 0.3) is 0 Å². The maximum atomic E-state index is 10.2. The third-order valence-corrected chi connectivity index (χ3v) is 1.45. The largest absolute Gasteiger partial charge is 0.481 e. The van der Waals surface area contributed by atoms with Gasteiger partial charge in [0.15, 0.2) is 0 Å². The first kappa shape index (κ1) is 9.99. The highest BCUT2D eigenvalue weighted by Gasteiger charge is 2.01. The minimum Gasteiger partial charge on any atom is -0.481 e. The number of hydrogen-bond acceptors (Lipinski definition) is 1. The molecule has 2 heteroatoms. The molecule has 0 saturated heterocycles. The predicted molar refractivity (Wildman–Crippen MR) is 44.4 cm³/mol. The van der Waals surface area contributed by atoms with Crippen molar-refractivity contribution in [3.05, 3.63) is 17.9 Å². The molecule has 0 aliphatic heterocycles. The molecule has 0 saturated carbocycles. The summed E-state index contributed by atoms with van der Waals surface area (Å²) in [7, 11) is 0. The number of carboxylic acid groups (broad SMARTS) is 1. The molecule has 0 fully saturated rings. The summed E-state index contributed by atoms with van der Waals surface area (Å²) < 4.78 is 0. The number of rotatable bonds is 5. The van der Waals surface area contributed by atoms with Crippen LogP contribution in [0.2, 0.25) is 0 Å². The summed E-state index contributed by atoms with van der Waals surface area (Å²) in [5.41, 5.74) is 3.46. The number of carboxylic acids is 1. The highest BCUT2D eigenvalue weighted by molar-refractivity contribution is 5.69. The zero-order chi connectivity index (χ0) is 8.69. The second-order valence-electron chi connectivity index (χ2n) is 2.45. The molecular weight excluding hydrogens is 140 g/mol. The molecule has 62 valence electrons. The molecule has 0 aliphatic carbocycles. The van der Waals surface area contributed by atoms with E-state index in [0.717, 1.165) is 24.8 Å². The number of unbranched alkanes of at least 4 members (excludes halogenated alkanes) is 1. The van der Waals surface area contributed by atoms with E-state index in [9.17, 15) is 4.79 Å². The molecule has 0 heterocycles. The van der Waals surface area contributed by atoms with Crippen LogP contribution in [0, 0.1) is 0 Å². The summed E-state index contributed by atoms with van der Waals surface area (Å²) in [6, 6.07) is 0. The zero-order valence-corrected chi connectivity index (χ0v) is 6.89. The quantitative estimate of drug-likeness (QED) is 0.617. The van der Waals surface area contributed by atoms with Crippen LogP contribution < -0.4 is 0 Å². The summed E-state index contributed by atoms with van der Waals surface area (Å²) in [6.45, 7) is 5.51. The lowest BCUT2D eigenvalue weighted by Crippen LogP contribution is -1.96. The van der Waals surface area contributed by atoms with Crippen molar-refractivity contribution in [2.45, 2.75) is 32.6 Å². The highest BCUT2D eigenvalue weighted by Crippen LogP contribution is 2.09. The van der Waals surface area contributed by atoms with Gasteiger partial charge in [-0.25, -0.2) is 0 Å². The SMILES string of the molecule is C=C=C(CCCC)CC(=O)O. The van der Waals surface area contributed by atoms with Gasteiger partial charge in [0.25, 0.3) is 0 Å². The van der Waals surface area contributed by atoms with Gasteiger partial charge in [0.05, 0.1) is 6.42 Å². The lowest BCUT2D eigenvalue weighted by atomic mass is 10.1. The molecule has 0 aromatic heterocycles. The Morgan fingerprint density at radius 1 is 1.64 bits per heavy atom. The summed E-state index contributed by atoms with van der Waals surface area (Å²) in [5.74, 6) is -0.799. The van der Waals surface area contributed by atoms with Gasteiger partial charge in [-0.05, 0) is 18.4 Å². The van der Waals surface area contributed by atoms with Crippen LogP contribution in [-0.2, 0) is 4.79 Å². The van der Waals surface area contributed by atoms with Crippen LogP contribution in [0.3, 0.4) is 0 Å². The lowest BCUT2D eigenvalue weighted by molar-refractivity contribution is -0.136. The Labute approximate surface area is 67.2 Å². The minimum atomic E-state index is -0.799. The van der Waals surface area contributed by atoms with Crippen LogP contribution in [0.1, 0.15) is 32.6 Å². The fourth-order valence-electron chi connectivity index (χ4n) is 0.812. The van der Waals surface area contributed by atoms with Crippen molar-refractivity contribution in [2.75, 3.05) is 0 Å². The molecule has 0 aliphatic rings. The Morgan fingerprint density at radius 3 is 2.64 bits per heavy atom. The van der Waals surface area contributed by atoms with Crippen molar-refractivity contribution in [3.8, 4) is 0 Å². The normalized spacial score (nSPS) is 8.82. The van der Waals surface area contributed by atoms with E-state index in [4.69, 9.17) is 5.11 Å². The number of carbonyl (C=O) groups is 1. The van der Waals surface area contributed by atoms with E-state index in [1.165, 1.54) is 0 Å². The van der Waals surface area contributed by atoms with E-state index in [0.29, 0.717) is 0 Å². The zero-order valence-electron chi connectivity index (χ0n) is 6.89. The van der Waals surface area contributed by atoms with Gasteiger partial charge in [-0.2, -0.15) is 0 Å². The first-order valence-electron chi connectivity index (χ1n) is 3.80. The van der Waals surface area contributed by atoms with E-state index in [2.05, 4.69) is 19.2 Å². The molecule has 0 aromatic rings. The monoisotopic (exact) mass is 154 g/mol. The van der Waals surface area contributed by atoms with Gasteiger partial charge < -0.3 is 5.11 Å². The molecule has 0 radical (unpaired) electrons. The fraction of sp³-hybridized carbons (Fsp3) is 0.556. The molecule has 2 nitrogen and oxygen atoms in total. The Balaban J connectivity index is 3.79. The van der Waals surface area contributed by atoms with Crippen LogP contribution in [0.4, 0.5) is 0 Å². The van der Waals surface area contributed by atoms with E-state index in [-0.39, 0.29) is 6.42 Å². The second kappa shape index (κ2) is 5.75. The topological polar surface area (TPSA) is 37.3 Å². The van der Waals surface area contributed by atoms with Crippen molar-refractivity contribution in [1.29, 1.82) is 0 Å². The van der Waals surface area contributed by atoms with Crippen molar-refractivity contribution in [2.24, 2.45) is 0 Å². The van der Waals surface area contributed by atoms with Crippen molar-refractivity contribution >= 4 is 5.97 Å². The summed E-state index contributed by atoms with van der Waals surface area (Å²) in [5, 5.41) is 8.43. The second-order valence-corrected chi connectivity index (χ2v) is 2.45. The van der Waals surface area contributed by atoms with Gasteiger partial charge in [-0.15, -0.1) is 5.73 Å². The summed E-state index contributed by atoms with van der Waals surface area (Å²) in [4.78, 5) is 10.2. The van der Waals surface area contributed by atoms with Gasteiger partial charge in [-0.1, -0.05) is 19.9 Å². The van der Waals surface area contributed by atoms with Crippen molar-refractivity contribution < 1.29 is 9.90 Å². The van der Waals surface area contributed by atoms with Gasteiger partial charge in [0, 0.05) is 0 Å². The van der Waals surface area contributed by atoms with Crippen LogP contribution in [0.15, 0.2) is 17.9 Å². The standard InChI is InChI=1S/C9H14O2/c1-3-5-6-8(4-2)7-9(10)11/h2-3,5-7H2,1H3,(H,10,11). The fourth-order valence-corrected chi connectivity index (χ4v) is 0.812. The Bertz CT molecular complexity index is 176. The molecule has 0 rings (SSSR count). The Kier molecular flexibility index (Phi) is 5.22. The van der Waals surface area contributed by atoms with Crippen LogP contribution in [-0.4, -0.2) is 11.1 Å². The number of aliphatic carboxylic acids is 1. The van der Waals surface area contributed by atoms with Gasteiger partial charge >= 0.3 is 5.97 Å². The van der Waals surface area contributed by atoms with Crippen LogP contribution >= 0.6 is 0 Å².